The van der Waals surface area contributed by atoms with Crippen molar-refractivity contribution in [1.29, 1.82) is 0 Å². The summed E-state index contributed by atoms with van der Waals surface area (Å²) in [6, 6.07) is 14.9. The molecule has 0 radical (unpaired) electrons. The molecule has 0 aliphatic heterocycles. The molecule has 7 heteroatoms. The second-order valence-electron chi connectivity index (χ2n) is 5.78. The van der Waals surface area contributed by atoms with Gasteiger partial charge in [0, 0.05) is 19.5 Å². The van der Waals surface area contributed by atoms with Crippen molar-refractivity contribution in [2.75, 3.05) is 6.61 Å². The maximum absolute atomic E-state index is 12.6. The van der Waals surface area contributed by atoms with Crippen LogP contribution in [0.25, 0.3) is 0 Å². The van der Waals surface area contributed by atoms with E-state index in [1.165, 1.54) is 0 Å². The number of halogens is 2. The SMILES string of the molecule is C[C@](COc1ccc(I)cc1)(OC(=O)c1ccc(I)cc1)n1ccnc1. The van der Waals surface area contributed by atoms with E-state index in [9.17, 15) is 4.79 Å². The van der Waals surface area contributed by atoms with Crippen molar-refractivity contribution in [1.82, 2.24) is 9.55 Å². The minimum atomic E-state index is -1.03. The normalized spacial score (nSPS) is 13.0. The molecule has 5 nitrogen and oxygen atoms in total. The van der Waals surface area contributed by atoms with Crippen LogP contribution < -0.4 is 4.74 Å². The molecule has 0 aliphatic carbocycles. The van der Waals surface area contributed by atoms with Crippen molar-refractivity contribution in [3.8, 4) is 5.75 Å². The van der Waals surface area contributed by atoms with Crippen molar-refractivity contribution < 1.29 is 14.3 Å². The predicted molar refractivity (Wildman–Crippen MR) is 115 cm³/mol. The van der Waals surface area contributed by atoms with Crippen LogP contribution in [0.15, 0.2) is 67.3 Å². The lowest BCUT2D eigenvalue weighted by Gasteiger charge is -2.30. The number of esters is 1. The molecule has 0 saturated carbocycles. The van der Waals surface area contributed by atoms with Gasteiger partial charge < -0.3 is 9.47 Å². The van der Waals surface area contributed by atoms with Crippen LogP contribution in [0.2, 0.25) is 0 Å². The first kappa shape index (κ1) is 19.2. The molecule has 3 aromatic rings. The van der Waals surface area contributed by atoms with E-state index >= 15 is 0 Å². The zero-order chi connectivity index (χ0) is 18.6. The highest BCUT2D eigenvalue weighted by Crippen LogP contribution is 2.23. The van der Waals surface area contributed by atoms with E-state index in [1.54, 1.807) is 42.3 Å². The Bertz CT molecular complexity index is 865. The van der Waals surface area contributed by atoms with Gasteiger partial charge in [-0.05, 0) is 101 Å². The zero-order valence-corrected chi connectivity index (χ0v) is 18.2. The van der Waals surface area contributed by atoms with Crippen molar-refractivity contribution >= 4 is 51.2 Å². The van der Waals surface area contributed by atoms with Gasteiger partial charge in [-0.2, -0.15) is 0 Å². The molecule has 1 heterocycles. The number of hydrogen-bond acceptors (Lipinski definition) is 4. The molecule has 0 aliphatic rings. The van der Waals surface area contributed by atoms with Crippen LogP contribution >= 0.6 is 45.2 Å². The van der Waals surface area contributed by atoms with Gasteiger partial charge in [-0.15, -0.1) is 0 Å². The molecular formula is C19H16I2N2O3. The number of hydrogen-bond donors (Lipinski definition) is 0. The average molecular weight is 574 g/mol. The first-order chi connectivity index (χ1) is 12.5. The number of benzene rings is 2. The molecular weight excluding hydrogens is 558 g/mol. The summed E-state index contributed by atoms with van der Waals surface area (Å²) >= 11 is 4.43. The van der Waals surface area contributed by atoms with Crippen LogP contribution in [0, 0.1) is 7.14 Å². The Morgan fingerprint density at radius 2 is 1.69 bits per heavy atom. The second kappa shape index (κ2) is 8.38. The van der Waals surface area contributed by atoms with Gasteiger partial charge in [0.05, 0.1) is 11.9 Å². The van der Waals surface area contributed by atoms with Crippen LogP contribution in [-0.4, -0.2) is 22.1 Å². The van der Waals surface area contributed by atoms with Gasteiger partial charge in [-0.1, -0.05) is 0 Å². The summed E-state index contributed by atoms with van der Waals surface area (Å²) in [5, 5.41) is 0. The summed E-state index contributed by atoms with van der Waals surface area (Å²) in [7, 11) is 0. The Balaban J connectivity index is 1.78. The quantitative estimate of drug-likeness (QED) is 0.317. The van der Waals surface area contributed by atoms with Crippen molar-refractivity contribution in [3.05, 3.63) is 80.0 Å². The van der Waals surface area contributed by atoms with E-state index < -0.39 is 11.7 Å². The number of nitrogens with zero attached hydrogens (tertiary/aromatic N) is 2. The van der Waals surface area contributed by atoms with Gasteiger partial charge in [-0.3, -0.25) is 4.57 Å². The molecule has 1 atom stereocenters. The first-order valence-electron chi connectivity index (χ1n) is 7.82. The average Bonchev–Trinajstić information content (AvgIpc) is 3.17. The lowest BCUT2D eigenvalue weighted by Crippen LogP contribution is -2.40. The number of rotatable bonds is 6. The van der Waals surface area contributed by atoms with Crippen molar-refractivity contribution in [2.24, 2.45) is 0 Å². The molecule has 0 unspecified atom stereocenters. The van der Waals surface area contributed by atoms with E-state index in [2.05, 4.69) is 50.2 Å². The Labute approximate surface area is 179 Å². The highest BCUT2D eigenvalue weighted by molar-refractivity contribution is 14.1. The van der Waals surface area contributed by atoms with Crippen molar-refractivity contribution in [2.45, 2.75) is 12.6 Å². The van der Waals surface area contributed by atoms with Gasteiger partial charge in [0.2, 0.25) is 5.72 Å². The van der Waals surface area contributed by atoms with E-state index in [-0.39, 0.29) is 6.61 Å². The predicted octanol–water partition coefficient (Wildman–Crippen LogP) is 4.70. The molecule has 0 fully saturated rings. The van der Waals surface area contributed by atoms with Crippen LogP contribution in [0.1, 0.15) is 17.3 Å². The molecule has 0 N–H and O–H groups in total. The van der Waals surface area contributed by atoms with Crippen molar-refractivity contribution in [3.63, 3.8) is 0 Å². The molecule has 0 spiro atoms. The Kier molecular flexibility index (Phi) is 6.17. The van der Waals surface area contributed by atoms with Gasteiger partial charge in [0.1, 0.15) is 12.4 Å². The minimum absolute atomic E-state index is 0.153. The third-order valence-corrected chi connectivity index (χ3v) is 5.20. The Hall–Kier alpha value is -1.62. The standard InChI is InChI=1S/C19H16I2N2O3/c1-19(23-11-10-22-13-23,12-25-17-8-6-16(21)7-9-17)26-18(24)14-2-4-15(20)5-3-14/h2-11,13H,12H2,1H3/t19-/m1/s1. The maximum atomic E-state index is 12.6. The van der Waals surface area contributed by atoms with Gasteiger partial charge in [-0.25, -0.2) is 9.78 Å². The summed E-state index contributed by atoms with van der Waals surface area (Å²) in [4.78, 5) is 16.7. The van der Waals surface area contributed by atoms with E-state index in [1.807, 2.05) is 36.4 Å². The van der Waals surface area contributed by atoms with E-state index in [0.29, 0.717) is 11.3 Å². The minimum Gasteiger partial charge on any atom is -0.487 e. The fourth-order valence-electron chi connectivity index (χ4n) is 2.29. The highest BCUT2D eigenvalue weighted by atomic mass is 127. The molecule has 2 aromatic carbocycles. The highest BCUT2D eigenvalue weighted by Gasteiger charge is 2.32. The number of ether oxygens (including phenoxy) is 2. The first-order valence-corrected chi connectivity index (χ1v) is 9.98. The van der Waals surface area contributed by atoms with Crippen LogP contribution in [0.4, 0.5) is 0 Å². The largest absolute Gasteiger partial charge is 0.487 e. The molecule has 1 aromatic heterocycles. The third kappa shape index (κ3) is 4.76. The molecule has 3 rings (SSSR count). The fourth-order valence-corrected chi connectivity index (χ4v) is 3.01. The number of imidazole rings is 1. The smallest absolute Gasteiger partial charge is 0.340 e. The lowest BCUT2D eigenvalue weighted by atomic mass is 10.2. The van der Waals surface area contributed by atoms with E-state index in [0.717, 1.165) is 7.14 Å². The number of aromatic nitrogens is 2. The summed E-state index contributed by atoms with van der Waals surface area (Å²) in [5.41, 5.74) is -0.537. The van der Waals surface area contributed by atoms with Crippen LogP contribution in [0.5, 0.6) is 5.75 Å². The molecule has 0 amide bonds. The molecule has 0 saturated heterocycles. The second-order valence-corrected chi connectivity index (χ2v) is 8.28. The third-order valence-electron chi connectivity index (χ3n) is 3.76. The maximum Gasteiger partial charge on any atom is 0.340 e. The summed E-state index contributed by atoms with van der Waals surface area (Å²) in [6.45, 7) is 1.95. The molecule has 26 heavy (non-hydrogen) atoms. The van der Waals surface area contributed by atoms with Gasteiger partial charge in [0.15, 0.2) is 0 Å². The van der Waals surface area contributed by atoms with E-state index in [4.69, 9.17) is 9.47 Å². The number of carbonyl (C=O) groups excluding carboxylic acids is 1. The summed E-state index contributed by atoms with van der Waals surface area (Å²) < 4.78 is 15.6. The zero-order valence-electron chi connectivity index (χ0n) is 13.9. The van der Waals surface area contributed by atoms with Gasteiger partial charge >= 0.3 is 5.97 Å². The van der Waals surface area contributed by atoms with Crippen LogP contribution in [-0.2, 0) is 10.5 Å². The van der Waals surface area contributed by atoms with Crippen LogP contribution in [0.3, 0.4) is 0 Å². The number of carbonyl (C=O) groups is 1. The Morgan fingerprint density at radius 1 is 1.08 bits per heavy atom. The monoisotopic (exact) mass is 574 g/mol. The fraction of sp³-hybridized carbons (Fsp3) is 0.158. The molecule has 134 valence electrons. The summed E-state index contributed by atoms with van der Waals surface area (Å²) in [5.74, 6) is 0.297. The summed E-state index contributed by atoms with van der Waals surface area (Å²) in [6.07, 6.45) is 5.00. The lowest BCUT2D eigenvalue weighted by molar-refractivity contribution is -0.0794. The van der Waals surface area contributed by atoms with Gasteiger partial charge in [0.25, 0.3) is 0 Å². The topological polar surface area (TPSA) is 53.4 Å². The molecule has 0 bridgehead atoms. The Morgan fingerprint density at radius 3 is 2.27 bits per heavy atom.